The molecule has 3 heteroatoms. The number of hydrogen-bond donors (Lipinski definition) is 1. The summed E-state index contributed by atoms with van der Waals surface area (Å²) in [6.07, 6.45) is 2.50. The van der Waals surface area contributed by atoms with Crippen molar-refractivity contribution in [3.8, 4) is 0 Å². The topological polar surface area (TPSA) is 38.5 Å². The summed E-state index contributed by atoms with van der Waals surface area (Å²) in [6.45, 7) is 3.66. The van der Waals surface area contributed by atoms with E-state index in [1.807, 2.05) is 0 Å². The predicted molar refractivity (Wildman–Crippen MR) is 88.7 cm³/mol. The van der Waals surface area contributed by atoms with Crippen LogP contribution >= 0.6 is 0 Å². The molecule has 1 unspecified atom stereocenters. The minimum atomic E-state index is 0.590. The van der Waals surface area contributed by atoms with E-state index in [-0.39, 0.29) is 0 Å². The maximum absolute atomic E-state index is 5.88. The zero-order chi connectivity index (χ0) is 14.7. The van der Waals surface area contributed by atoms with E-state index in [2.05, 4.69) is 41.3 Å². The second kappa shape index (κ2) is 6.46. The van der Waals surface area contributed by atoms with Gasteiger partial charge in [0.15, 0.2) is 0 Å². The van der Waals surface area contributed by atoms with Gasteiger partial charge in [0.1, 0.15) is 0 Å². The maximum atomic E-state index is 5.88. The lowest BCUT2D eigenvalue weighted by molar-refractivity contribution is 0.143. The highest BCUT2D eigenvalue weighted by atomic mass is 16.5. The third-order valence-corrected chi connectivity index (χ3v) is 4.47. The Morgan fingerprint density at radius 3 is 2.76 bits per heavy atom. The average Bonchev–Trinajstić information content (AvgIpc) is 2.54. The molecule has 0 aliphatic carbocycles. The Morgan fingerprint density at radius 2 is 2.00 bits per heavy atom. The van der Waals surface area contributed by atoms with Crippen molar-refractivity contribution in [2.75, 3.05) is 31.7 Å². The molecule has 3 rings (SSSR count). The summed E-state index contributed by atoms with van der Waals surface area (Å²) in [5.41, 5.74) is 8.43. The van der Waals surface area contributed by atoms with E-state index < -0.39 is 0 Å². The molecule has 0 saturated carbocycles. The molecule has 0 spiro atoms. The van der Waals surface area contributed by atoms with Crippen molar-refractivity contribution in [1.29, 1.82) is 0 Å². The molecule has 1 saturated heterocycles. The molecule has 1 aliphatic heterocycles. The number of nitrogens with two attached hydrogens (primary N) is 1. The molecular formula is C18H24N2O. The third-order valence-electron chi connectivity index (χ3n) is 4.47. The largest absolute Gasteiger partial charge is 0.384 e. The SMILES string of the molecule is COCC1CCCN(c2ccc(CN)c3ccccc23)C1. The third kappa shape index (κ3) is 2.89. The van der Waals surface area contributed by atoms with E-state index in [0.29, 0.717) is 12.5 Å². The van der Waals surface area contributed by atoms with E-state index in [0.717, 1.165) is 19.7 Å². The lowest BCUT2D eigenvalue weighted by Crippen LogP contribution is -2.37. The van der Waals surface area contributed by atoms with Crippen molar-refractivity contribution >= 4 is 16.5 Å². The molecule has 2 aromatic rings. The van der Waals surface area contributed by atoms with Gasteiger partial charge < -0.3 is 15.4 Å². The highest BCUT2D eigenvalue weighted by molar-refractivity contribution is 5.96. The normalized spacial score (nSPS) is 19.1. The first kappa shape index (κ1) is 14.4. The predicted octanol–water partition coefficient (Wildman–Crippen LogP) is 3.16. The van der Waals surface area contributed by atoms with Crippen LogP contribution in [-0.4, -0.2) is 26.8 Å². The molecule has 1 aliphatic rings. The van der Waals surface area contributed by atoms with Gasteiger partial charge in [0, 0.05) is 37.8 Å². The van der Waals surface area contributed by atoms with Crippen LogP contribution in [0, 0.1) is 5.92 Å². The van der Waals surface area contributed by atoms with Crippen LogP contribution in [0.1, 0.15) is 18.4 Å². The molecule has 0 radical (unpaired) electrons. The van der Waals surface area contributed by atoms with Crippen LogP contribution < -0.4 is 10.6 Å². The number of nitrogens with zero attached hydrogens (tertiary/aromatic N) is 1. The Kier molecular flexibility index (Phi) is 4.42. The Bertz CT molecular complexity index is 609. The van der Waals surface area contributed by atoms with Crippen LogP contribution in [0.2, 0.25) is 0 Å². The Morgan fingerprint density at radius 1 is 1.19 bits per heavy atom. The first-order valence-corrected chi connectivity index (χ1v) is 7.78. The summed E-state index contributed by atoms with van der Waals surface area (Å²) in [6, 6.07) is 13.0. The minimum Gasteiger partial charge on any atom is -0.384 e. The Labute approximate surface area is 126 Å². The van der Waals surface area contributed by atoms with Gasteiger partial charge in [0.05, 0.1) is 6.61 Å². The van der Waals surface area contributed by atoms with Gasteiger partial charge in [-0.05, 0) is 35.8 Å². The summed E-state index contributed by atoms with van der Waals surface area (Å²) in [5.74, 6) is 0.636. The molecule has 1 atom stereocenters. The van der Waals surface area contributed by atoms with Gasteiger partial charge >= 0.3 is 0 Å². The van der Waals surface area contributed by atoms with Gasteiger partial charge in [-0.15, -0.1) is 0 Å². The summed E-state index contributed by atoms with van der Waals surface area (Å²) in [5, 5.41) is 2.60. The fraction of sp³-hybridized carbons (Fsp3) is 0.444. The Balaban J connectivity index is 1.97. The lowest BCUT2D eigenvalue weighted by Gasteiger charge is -2.35. The van der Waals surface area contributed by atoms with Gasteiger partial charge in [0.25, 0.3) is 0 Å². The zero-order valence-electron chi connectivity index (χ0n) is 12.7. The van der Waals surface area contributed by atoms with Crippen molar-refractivity contribution in [3.63, 3.8) is 0 Å². The molecule has 112 valence electrons. The van der Waals surface area contributed by atoms with Gasteiger partial charge in [-0.25, -0.2) is 0 Å². The second-order valence-corrected chi connectivity index (χ2v) is 5.90. The van der Waals surface area contributed by atoms with Gasteiger partial charge in [0.2, 0.25) is 0 Å². The molecule has 3 nitrogen and oxygen atoms in total. The zero-order valence-corrected chi connectivity index (χ0v) is 12.7. The van der Waals surface area contributed by atoms with Gasteiger partial charge in [-0.1, -0.05) is 30.3 Å². The number of rotatable bonds is 4. The van der Waals surface area contributed by atoms with Crippen LogP contribution in [0.25, 0.3) is 10.8 Å². The van der Waals surface area contributed by atoms with E-state index in [9.17, 15) is 0 Å². The first-order chi connectivity index (χ1) is 10.3. The molecule has 2 aromatic carbocycles. The molecule has 0 aromatic heterocycles. The molecular weight excluding hydrogens is 260 g/mol. The first-order valence-electron chi connectivity index (χ1n) is 7.78. The summed E-state index contributed by atoms with van der Waals surface area (Å²) < 4.78 is 5.35. The highest BCUT2D eigenvalue weighted by Gasteiger charge is 2.21. The molecule has 21 heavy (non-hydrogen) atoms. The van der Waals surface area contributed by atoms with E-state index >= 15 is 0 Å². The molecule has 0 bridgehead atoms. The van der Waals surface area contributed by atoms with Crippen LogP contribution in [-0.2, 0) is 11.3 Å². The van der Waals surface area contributed by atoms with Crippen molar-refractivity contribution < 1.29 is 4.74 Å². The number of piperidine rings is 1. The van der Waals surface area contributed by atoms with E-state index in [1.165, 1.54) is 34.9 Å². The number of hydrogen-bond acceptors (Lipinski definition) is 3. The number of ether oxygens (including phenoxy) is 1. The molecule has 1 heterocycles. The number of fused-ring (bicyclic) bond motifs is 1. The standard InChI is InChI=1S/C18H24N2O/c1-21-13-14-5-4-10-20(12-14)18-9-8-15(11-19)16-6-2-3-7-17(16)18/h2-3,6-9,14H,4-5,10-13,19H2,1H3. The Hall–Kier alpha value is -1.58. The lowest BCUT2D eigenvalue weighted by atomic mass is 9.96. The van der Waals surface area contributed by atoms with Crippen molar-refractivity contribution in [3.05, 3.63) is 42.0 Å². The van der Waals surface area contributed by atoms with Gasteiger partial charge in [-0.3, -0.25) is 0 Å². The maximum Gasteiger partial charge on any atom is 0.0507 e. The van der Waals surface area contributed by atoms with Crippen molar-refractivity contribution in [2.24, 2.45) is 11.7 Å². The monoisotopic (exact) mass is 284 g/mol. The van der Waals surface area contributed by atoms with Crippen LogP contribution in [0.3, 0.4) is 0 Å². The quantitative estimate of drug-likeness (QED) is 0.937. The summed E-state index contributed by atoms with van der Waals surface area (Å²) in [7, 11) is 1.80. The van der Waals surface area contributed by atoms with Gasteiger partial charge in [-0.2, -0.15) is 0 Å². The van der Waals surface area contributed by atoms with Crippen molar-refractivity contribution in [1.82, 2.24) is 0 Å². The molecule has 1 fully saturated rings. The molecule has 0 amide bonds. The fourth-order valence-electron chi connectivity index (χ4n) is 3.45. The van der Waals surface area contributed by atoms with Crippen LogP contribution in [0.5, 0.6) is 0 Å². The van der Waals surface area contributed by atoms with Crippen LogP contribution in [0.15, 0.2) is 36.4 Å². The highest BCUT2D eigenvalue weighted by Crippen LogP contribution is 2.32. The van der Waals surface area contributed by atoms with Crippen LogP contribution in [0.4, 0.5) is 5.69 Å². The van der Waals surface area contributed by atoms with E-state index in [1.54, 1.807) is 7.11 Å². The number of benzene rings is 2. The molecule has 2 N–H and O–H groups in total. The number of methoxy groups -OCH3 is 1. The van der Waals surface area contributed by atoms with Crippen molar-refractivity contribution in [2.45, 2.75) is 19.4 Å². The fourth-order valence-corrected chi connectivity index (χ4v) is 3.45. The summed E-state index contributed by atoms with van der Waals surface area (Å²) in [4.78, 5) is 2.51. The van der Waals surface area contributed by atoms with E-state index in [4.69, 9.17) is 10.5 Å². The smallest absolute Gasteiger partial charge is 0.0507 e. The average molecular weight is 284 g/mol. The summed E-state index contributed by atoms with van der Waals surface area (Å²) >= 11 is 0. The minimum absolute atomic E-state index is 0.590. The number of anilines is 1. The second-order valence-electron chi connectivity index (χ2n) is 5.90.